The Bertz CT molecular complexity index is 120. The van der Waals surface area contributed by atoms with Crippen LogP contribution in [0, 0.1) is 0 Å². The van der Waals surface area contributed by atoms with E-state index in [1.54, 1.807) is 0 Å². The first-order valence-corrected chi connectivity index (χ1v) is 5.89. The van der Waals surface area contributed by atoms with Crippen LogP contribution in [0.5, 0.6) is 0 Å². The summed E-state index contributed by atoms with van der Waals surface area (Å²) in [6.45, 7) is 8.73. The third kappa shape index (κ3) is 11.7. The molecule has 0 amide bonds. The molecular weight excluding hydrogens is 190 g/mol. The van der Waals surface area contributed by atoms with Crippen LogP contribution in [0.2, 0.25) is 0 Å². The van der Waals surface area contributed by atoms with Gasteiger partial charge in [0.1, 0.15) is 0 Å². The Morgan fingerprint density at radius 1 is 0.933 bits per heavy atom. The molecule has 0 saturated heterocycles. The summed E-state index contributed by atoms with van der Waals surface area (Å²) in [6, 6.07) is 0.138. The molecule has 0 radical (unpaired) electrons. The predicted octanol–water partition coefficient (Wildman–Crippen LogP) is -1.55. The van der Waals surface area contributed by atoms with Crippen molar-refractivity contribution in [1.29, 1.82) is 0 Å². The van der Waals surface area contributed by atoms with Gasteiger partial charge in [-0.1, -0.05) is 6.92 Å². The molecule has 0 saturated carbocycles. The van der Waals surface area contributed by atoms with Gasteiger partial charge in [-0.25, -0.2) is 0 Å². The minimum atomic E-state index is 0.138. The Hall–Kier alpha value is -0.200. The Labute approximate surface area is 93.4 Å². The average molecular weight is 217 g/mol. The van der Waals surface area contributed by atoms with Crippen molar-refractivity contribution in [3.05, 3.63) is 0 Å². The first-order chi connectivity index (χ1) is 7.31. The van der Waals surface area contributed by atoms with E-state index in [4.69, 9.17) is 11.5 Å². The zero-order chi connectivity index (χ0) is 11.4. The van der Waals surface area contributed by atoms with Crippen LogP contribution in [0.1, 0.15) is 13.3 Å². The van der Waals surface area contributed by atoms with E-state index in [1.165, 1.54) is 0 Å². The molecule has 92 valence electrons. The second-order valence-electron chi connectivity index (χ2n) is 3.64. The second-order valence-corrected chi connectivity index (χ2v) is 3.64. The summed E-state index contributed by atoms with van der Waals surface area (Å²) < 4.78 is 0. The molecule has 0 aromatic heterocycles. The quantitative estimate of drug-likeness (QED) is 0.271. The summed E-state index contributed by atoms with van der Waals surface area (Å²) in [4.78, 5) is 0. The van der Waals surface area contributed by atoms with Crippen LogP contribution >= 0.6 is 0 Å². The van der Waals surface area contributed by atoms with Crippen molar-refractivity contribution >= 4 is 0 Å². The van der Waals surface area contributed by atoms with Crippen LogP contribution in [-0.2, 0) is 0 Å². The number of hydrogen-bond donors (Lipinski definition) is 5. The molecule has 0 aliphatic carbocycles. The van der Waals surface area contributed by atoms with Gasteiger partial charge in [0.25, 0.3) is 0 Å². The van der Waals surface area contributed by atoms with Gasteiger partial charge in [-0.05, 0) is 19.5 Å². The van der Waals surface area contributed by atoms with Crippen molar-refractivity contribution in [2.75, 3.05) is 45.8 Å². The fraction of sp³-hybridized carbons (Fsp3) is 1.00. The van der Waals surface area contributed by atoms with Crippen LogP contribution < -0.4 is 27.4 Å². The van der Waals surface area contributed by atoms with Gasteiger partial charge in [-0.15, -0.1) is 0 Å². The number of rotatable bonds is 11. The third-order valence-electron chi connectivity index (χ3n) is 2.20. The SMILES string of the molecule is CCNCCNCCNCCC(N)CN. The van der Waals surface area contributed by atoms with E-state index in [0.717, 1.165) is 45.7 Å². The predicted molar refractivity (Wildman–Crippen MR) is 65.9 cm³/mol. The number of nitrogens with one attached hydrogen (secondary N) is 3. The van der Waals surface area contributed by atoms with E-state index in [1.807, 2.05) is 0 Å². The molecule has 0 bridgehead atoms. The maximum absolute atomic E-state index is 5.68. The van der Waals surface area contributed by atoms with Crippen LogP contribution in [0.3, 0.4) is 0 Å². The molecular formula is C10H27N5. The fourth-order valence-electron chi connectivity index (χ4n) is 1.19. The van der Waals surface area contributed by atoms with E-state index < -0.39 is 0 Å². The Kier molecular flexibility index (Phi) is 11.7. The monoisotopic (exact) mass is 217 g/mol. The lowest BCUT2D eigenvalue weighted by Gasteiger charge is -2.10. The summed E-state index contributed by atoms with van der Waals surface area (Å²) in [5, 5.41) is 9.92. The summed E-state index contributed by atoms with van der Waals surface area (Å²) in [6.07, 6.45) is 0.952. The number of hydrogen-bond acceptors (Lipinski definition) is 5. The lowest BCUT2D eigenvalue weighted by molar-refractivity contribution is 0.546. The summed E-state index contributed by atoms with van der Waals surface area (Å²) >= 11 is 0. The minimum absolute atomic E-state index is 0.138. The lowest BCUT2D eigenvalue weighted by atomic mass is 10.2. The summed E-state index contributed by atoms with van der Waals surface area (Å²) in [5.41, 5.74) is 11.1. The van der Waals surface area contributed by atoms with E-state index >= 15 is 0 Å². The van der Waals surface area contributed by atoms with Gasteiger partial charge in [0, 0.05) is 38.8 Å². The molecule has 7 N–H and O–H groups in total. The molecule has 5 heteroatoms. The van der Waals surface area contributed by atoms with Gasteiger partial charge in [-0.3, -0.25) is 0 Å². The van der Waals surface area contributed by atoms with Gasteiger partial charge in [0.05, 0.1) is 0 Å². The Morgan fingerprint density at radius 3 is 2.00 bits per heavy atom. The van der Waals surface area contributed by atoms with Gasteiger partial charge >= 0.3 is 0 Å². The first-order valence-electron chi connectivity index (χ1n) is 5.89. The number of nitrogens with two attached hydrogens (primary N) is 2. The van der Waals surface area contributed by atoms with Crippen molar-refractivity contribution in [3.8, 4) is 0 Å². The van der Waals surface area contributed by atoms with E-state index in [9.17, 15) is 0 Å². The van der Waals surface area contributed by atoms with Gasteiger partial charge in [0.15, 0.2) is 0 Å². The van der Waals surface area contributed by atoms with E-state index in [-0.39, 0.29) is 6.04 Å². The van der Waals surface area contributed by atoms with Gasteiger partial charge < -0.3 is 27.4 Å². The number of likely N-dealkylation sites (N-methyl/N-ethyl adjacent to an activating group) is 1. The highest BCUT2D eigenvalue weighted by atomic mass is 15.0. The maximum Gasteiger partial charge on any atom is 0.0175 e. The molecule has 0 aromatic rings. The molecule has 0 heterocycles. The zero-order valence-electron chi connectivity index (χ0n) is 9.89. The second kappa shape index (κ2) is 11.9. The molecule has 0 aliphatic heterocycles. The fourth-order valence-corrected chi connectivity index (χ4v) is 1.19. The van der Waals surface area contributed by atoms with E-state index in [2.05, 4.69) is 22.9 Å². The van der Waals surface area contributed by atoms with Crippen LogP contribution in [-0.4, -0.2) is 51.9 Å². The first kappa shape index (κ1) is 14.8. The van der Waals surface area contributed by atoms with E-state index in [0.29, 0.717) is 6.54 Å². The van der Waals surface area contributed by atoms with Gasteiger partial charge in [-0.2, -0.15) is 0 Å². The minimum Gasteiger partial charge on any atom is -0.329 e. The molecule has 0 aromatic carbocycles. The van der Waals surface area contributed by atoms with Gasteiger partial charge in [0.2, 0.25) is 0 Å². The molecule has 1 unspecified atom stereocenters. The smallest absolute Gasteiger partial charge is 0.0175 e. The Balaban J connectivity index is 2.92. The largest absolute Gasteiger partial charge is 0.329 e. The highest BCUT2D eigenvalue weighted by Gasteiger charge is 1.97. The topological polar surface area (TPSA) is 88.1 Å². The molecule has 0 aliphatic rings. The van der Waals surface area contributed by atoms with Crippen molar-refractivity contribution in [2.45, 2.75) is 19.4 Å². The molecule has 0 spiro atoms. The molecule has 0 fully saturated rings. The lowest BCUT2D eigenvalue weighted by Crippen LogP contribution is -2.36. The van der Waals surface area contributed by atoms with Crippen molar-refractivity contribution in [3.63, 3.8) is 0 Å². The molecule has 15 heavy (non-hydrogen) atoms. The Morgan fingerprint density at radius 2 is 1.47 bits per heavy atom. The van der Waals surface area contributed by atoms with Crippen LogP contribution in [0.25, 0.3) is 0 Å². The van der Waals surface area contributed by atoms with Crippen molar-refractivity contribution in [1.82, 2.24) is 16.0 Å². The standard InChI is InChI=1S/C10H27N5/c1-2-13-5-6-15-8-7-14-4-3-10(12)9-11/h10,13-15H,2-9,11-12H2,1H3. The summed E-state index contributed by atoms with van der Waals surface area (Å²) in [5.74, 6) is 0. The molecule has 0 rings (SSSR count). The highest BCUT2D eigenvalue weighted by molar-refractivity contribution is 4.63. The van der Waals surface area contributed by atoms with Crippen molar-refractivity contribution < 1.29 is 0 Å². The van der Waals surface area contributed by atoms with Crippen LogP contribution in [0.15, 0.2) is 0 Å². The average Bonchev–Trinajstić information content (AvgIpc) is 2.26. The third-order valence-corrected chi connectivity index (χ3v) is 2.20. The molecule has 1 atom stereocenters. The zero-order valence-corrected chi connectivity index (χ0v) is 9.89. The van der Waals surface area contributed by atoms with Crippen molar-refractivity contribution in [2.24, 2.45) is 11.5 Å². The normalized spacial score (nSPS) is 13.0. The highest BCUT2D eigenvalue weighted by Crippen LogP contribution is 1.81. The molecule has 5 nitrogen and oxygen atoms in total. The maximum atomic E-state index is 5.68. The summed E-state index contributed by atoms with van der Waals surface area (Å²) in [7, 11) is 0. The van der Waals surface area contributed by atoms with Crippen LogP contribution in [0.4, 0.5) is 0 Å².